The number of likely N-dealkylation sites (N-methyl/N-ethyl adjacent to an activating group) is 1. The zero-order valence-electron chi connectivity index (χ0n) is 12.7. The topological polar surface area (TPSA) is 81.8 Å². The summed E-state index contributed by atoms with van der Waals surface area (Å²) in [5.41, 5.74) is 5.43. The highest BCUT2D eigenvalue weighted by Crippen LogP contribution is 2.33. The fourth-order valence-electron chi connectivity index (χ4n) is 2.14. The van der Waals surface area contributed by atoms with Crippen LogP contribution in [0.5, 0.6) is 0 Å². The van der Waals surface area contributed by atoms with Crippen molar-refractivity contribution < 1.29 is 14.4 Å². The second-order valence-electron chi connectivity index (χ2n) is 5.21. The van der Waals surface area contributed by atoms with Crippen LogP contribution in [0.4, 0.5) is 10.5 Å². The van der Waals surface area contributed by atoms with Gasteiger partial charge in [0.2, 0.25) is 11.8 Å². The average Bonchev–Trinajstić information content (AvgIpc) is 2.72. The molecule has 7 nitrogen and oxygen atoms in total. The van der Waals surface area contributed by atoms with E-state index in [0.717, 1.165) is 4.90 Å². The molecule has 0 atom stereocenters. The maximum atomic E-state index is 11.8. The first kappa shape index (κ1) is 18.6. The number of anilines is 1. The molecule has 0 aromatic heterocycles. The maximum absolute atomic E-state index is 11.8. The normalized spacial score (nSPS) is 14.3. The number of carbonyl (C=O) groups is 3. The largest absolute Gasteiger partial charge is 0.326 e. The number of rotatable bonds is 6. The van der Waals surface area contributed by atoms with Crippen molar-refractivity contribution in [3.8, 4) is 0 Å². The monoisotopic (exact) mass is 392 g/mol. The Balaban J connectivity index is 1.78. The third-order valence-corrected chi connectivity index (χ3v) is 4.16. The molecule has 1 saturated heterocycles. The molecule has 0 aliphatic carbocycles. The van der Waals surface area contributed by atoms with Gasteiger partial charge in [-0.05, 0) is 18.6 Å². The van der Waals surface area contributed by atoms with Crippen molar-refractivity contribution >= 4 is 58.3 Å². The van der Waals surface area contributed by atoms with Crippen molar-refractivity contribution in [3.63, 3.8) is 0 Å². The molecule has 2 N–H and O–H groups in total. The molecular formula is C14H15Cl3N4O3. The molecule has 1 heterocycles. The van der Waals surface area contributed by atoms with Gasteiger partial charge in [-0.2, -0.15) is 0 Å². The van der Waals surface area contributed by atoms with Gasteiger partial charge in [-0.3, -0.25) is 25.3 Å². The molecule has 1 aliphatic heterocycles. The van der Waals surface area contributed by atoms with Crippen LogP contribution < -0.4 is 10.9 Å². The van der Waals surface area contributed by atoms with Crippen LogP contribution in [0, 0.1) is 0 Å². The molecule has 130 valence electrons. The van der Waals surface area contributed by atoms with Gasteiger partial charge in [-0.1, -0.05) is 34.8 Å². The van der Waals surface area contributed by atoms with Crippen molar-refractivity contribution in [1.82, 2.24) is 15.2 Å². The van der Waals surface area contributed by atoms with Gasteiger partial charge >= 0.3 is 6.03 Å². The van der Waals surface area contributed by atoms with E-state index >= 15 is 0 Å². The first-order valence-corrected chi connectivity index (χ1v) is 8.18. The zero-order chi connectivity index (χ0) is 17.9. The van der Waals surface area contributed by atoms with Gasteiger partial charge in [-0.25, -0.2) is 4.79 Å². The van der Waals surface area contributed by atoms with Gasteiger partial charge in [0.25, 0.3) is 0 Å². The Bertz CT molecular complexity index is 660. The van der Waals surface area contributed by atoms with Crippen LogP contribution in [-0.4, -0.2) is 47.8 Å². The number of hydrazine groups is 1. The third-order valence-electron chi connectivity index (χ3n) is 3.35. The van der Waals surface area contributed by atoms with Gasteiger partial charge in [0.15, 0.2) is 0 Å². The van der Waals surface area contributed by atoms with Crippen LogP contribution in [0.3, 0.4) is 0 Å². The standard InChI is InChI=1S/C14H15Cl3N4O3/c1-20-7-12(23)21(14(20)24)4-2-3-11(22)18-19-13-9(16)5-8(15)6-10(13)17/h5-6,19H,2-4,7H2,1H3,(H,18,22). The molecule has 0 radical (unpaired) electrons. The Morgan fingerprint density at radius 3 is 2.38 bits per heavy atom. The van der Waals surface area contributed by atoms with Gasteiger partial charge in [0.1, 0.15) is 6.54 Å². The van der Waals surface area contributed by atoms with E-state index in [0.29, 0.717) is 17.1 Å². The summed E-state index contributed by atoms with van der Waals surface area (Å²) in [4.78, 5) is 37.6. The molecule has 1 fully saturated rings. The lowest BCUT2D eigenvalue weighted by Gasteiger charge is -2.14. The van der Waals surface area contributed by atoms with E-state index in [-0.39, 0.29) is 47.4 Å². The van der Waals surface area contributed by atoms with Gasteiger partial charge in [0.05, 0.1) is 15.7 Å². The quantitative estimate of drug-likeness (QED) is 0.575. The number of hydrogen-bond donors (Lipinski definition) is 2. The SMILES string of the molecule is CN1CC(=O)N(CCCC(=O)NNc2c(Cl)cc(Cl)cc2Cl)C1=O. The highest BCUT2D eigenvalue weighted by atomic mass is 35.5. The molecule has 0 saturated carbocycles. The average molecular weight is 394 g/mol. The molecule has 0 spiro atoms. The molecular weight excluding hydrogens is 379 g/mol. The lowest BCUT2D eigenvalue weighted by Crippen LogP contribution is -2.34. The minimum absolute atomic E-state index is 0.0696. The number of carbonyl (C=O) groups excluding carboxylic acids is 3. The summed E-state index contributed by atoms with van der Waals surface area (Å²) in [6, 6.07) is 2.63. The molecule has 0 unspecified atom stereocenters. The second-order valence-corrected chi connectivity index (χ2v) is 6.46. The summed E-state index contributed by atoms with van der Waals surface area (Å²) >= 11 is 17.8. The smallest absolute Gasteiger partial charge is 0.318 e. The van der Waals surface area contributed by atoms with Crippen molar-refractivity contribution in [2.75, 3.05) is 25.6 Å². The minimum atomic E-state index is -0.349. The molecule has 24 heavy (non-hydrogen) atoms. The van der Waals surface area contributed by atoms with E-state index in [2.05, 4.69) is 10.9 Å². The number of halogens is 3. The highest BCUT2D eigenvalue weighted by Gasteiger charge is 2.32. The van der Waals surface area contributed by atoms with Crippen LogP contribution in [0.25, 0.3) is 0 Å². The molecule has 1 aliphatic rings. The number of amides is 4. The molecule has 0 bridgehead atoms. The highest BCUT2D eigenvalue weighted by molar-refractivity contribution is 6.41. The molecule has 1 aromatic rings. The number of hydrogen-bond acceptors (Lipinski definition) is 4. The third kappa shape index (κ3) is 4.43. The van der Waals surface area contributed by atoms with Crippen molar-refractivity contribution in [3.05, 3.63) is 27.2 Å². The van der Waals surface area contributed by atoms with E-state index in [1.54, 1.807) is 7.05 Å². The number of urea groups is 1. The summed E-state index contributed by atoms with van der Waals surface area (Å²) in [6.07, 6.45) is 0.470. The summed E-state index contributed by atoms with van der Waals surface area (Å²) in [5, 5.41) is 0.917. The maximum Gasteiger partial charge on any atom is 0.326 e. The minimum Gasteiger partial charge on any atom is -0.318 e. The van der Waals surface area contributed by atoms with Crippen LogP contribution in [0.1, 0.15) is 12.8 Å². The van der Waals surface area contributed by atoms with E-state index in [4.69, 9.17) is 34.8 Å². The van der Waals surface area contributed by atoms with E-state index < -0.39 is 0 Å². The fourth-order valence-corrected chi connectivity index (χ4v) is 3.05. The second kappa shape index (κ2) is 7.92. The van der Waals surface area contributed by atoms with Crippen LogP contribution in [-0.2, 0) is 9.59 Å². The van der Waals surface area contributed by atoms with Crippen molar-refractivity contribution in [2.24, 2.45) is 0 Å². The predicted molar refractivity (Wildman–Crippen MR) is 92.2 cm³/mol. The van der Waals surface area contributed by atoms with E-state index in [1.165, 1.54) is 17.0 Å². The van der Waals surface area contributed by atoms with E-state index in [9.17, 15) is 14.4 Å². The Labute approximate surface area is 153 Å². The van der Waals surface area contributed by atoms with E-state index in [1.807, 2.05) is 0 Å². The zero-order valence-corrected chi connectivity index (χ0v) is 15.0. The van der Waals surface area contributed by atoms with Crippen molar-refractivity contribution in [2.45, 2.75) is 12.8 Å². The number of nitrogens with one attached hydrogen (secondary N) is 2. The Morgan fingerprint density at radius 2 is 1.83 bits per heavy atom. The number of nitrogens with zero attached hydrogens (tertiary/aromatic N) is 2. The lowest BCUT2D eigenvalue weighted by molar-refractivity contribution is -0.126. The van der Waals surface area contributed by atoms with Gasteiger partial charge < -0.3 is 4.90 Å². The summed E-state index contributed by atoms with van der Waals surface area (Å²) in [6.45, 7) is 0.262. The van der Waals surface area contributed by atoms with Crippen LogP contribution in [0.2, 0.25) is 15.1 Å². The summed E-state index contributed by atoms with van der Waals surface area (Å²) in [5.74, 6) is -0.592. The van der Waals surface area contributed by atoms with Crippen LogP contribution >= 0.6 is 34.8 Å². The Kier molecular flexibility index (Phi) is 6.15. The van der Waals surface area contributed by atoms with Gasteiger partial charge in [0, 0.05) is 25.0 Å². The molecule has 2 rings (SSSR count). The fraction of sp³-hybridized carbons (Fsp3) is 0.357. The van der Waals surface area contributed by atoms with Crippen molar-refractivity contribution in [1.29, 1.82) is 0 Å². The number of imide groups is 1. The first-order chi connectivity index (χ1) is 11.3. The lowest BCUT2D eigenvalue weighted by atomic mass is 10.3. The first-order valence-electron chi connectivity index (χ1n) is 7.04. The Hall–Kier alpha value is -1.70. The Morgan fingerprint density at radius 1 is 1.21 bits per heavy atom. The number of benzene rings is 1. The molecule has 1 aromatic carbocycles. The van der Waals surface area contributed by atoms with Gasteiger partial charge in [-0.15, -0.1) is 0 Å². The summed E-state index contributed by atoms with van der Waals surface area (Å²) < 4.78 is 0. The summed E-state index contributed by atoms with van der Waals surface area (Å²) in [7, 11) is 1.55. The molecule has 10 heteroatoms. The predicted octanol–water partition coefficient (Wildman–Crippen LogP) is 2.76. The van der Waals surface area contributed by atoms with Crippen LogP contribution in [0.15, 0.2) is 12.1 Å². The molecule has 4 amide bonds.